The number of hydrogen-bond donors (Lipinski definition) is 1. The Morgan fingerprint density at radius 1 is 1.17 bits per heavy atom. The lowest BCUT2D eigenvalue weighted by Crippen LogP contribution is -2.37. The summed E-state index contributed by atoms with van der Waals surface area (Å²) in [5.74, 6) is -0.426. The van der Waals surface area contributed by atoms with Gasteiger partial charge in [0.05, 0.1) is 15.9 Å². The van der Waals surface area contributed by atoms with Gasteiger partial charge in [0.15, 0.2) is 0 Å². The third kappa shape index (κ3) is 6.07. The highest BCUT2D eigenvalue weighted by Gasteiger charge is 2.25. The van der Waals surface area contributed by atoms with Gasteiger partial charge in [-0.2, -0.15) is 0 Å². The van der Waals surface area contributed by atoms with E-state index in [9.17, 15) is 19.7 Å². The van der Waals surface area contributed by atoms with E-state index in [2.05, 4.69) is 5.32 Å². The molecular weight excluding hydrogens is 480 g/mol. The number of thiophene rings is 1. The highest BCUT2D eigenvalue weighted by atomic mass is 32.1. The standard InChI is InChI=1S/C26H28N4O5S/c1-28(2)23-12-9-20(27-25(31)18-7-10-21(11-8-18)30(33)34)15-19(23)16-29(17-22-5-3-13-35-22)26(32)24-6-4-14-36-24/h4,6-12,14-15,22H,3,5,13,16-17H2,1-2H3,(H,27,31). The van der Waals surface area contributed by atoms with Crippen LogP contribution in [0.2, 0.25) is 0 Å². The van der Waals surface area contributed by atoms with Crippen LogP contribution in [0.25, 0.3) is 0 Å². The first-order valence-electron chi connectivity index (χ1n) is 11.6. The molecule has 2 amide bonds. The van der Waals surface area contributed by atoms with Crippen LogP contribution in [0.1, 0.15) is 38.4 Å². The molecule has 9 nitrogen and oxygen atoms in total. The Bertz CT molecular complexity index is 1220. The number of hydrogen-bond acceptors (Lipinski definition) is 7. The molecule has 10 heteroatoms. The molecule has 1 atom stereocenters. The number of non-ortho nitro benzene ring substituents is 1. The number of nitro benzene ring substituents is 1. The fourth-order valence-electron chi connectivity index (χ4n) is 4.18. The quantitative estimate of drug-likeness (QED) is 0.329. The number of benzene rings is 2. The van der Waals surface area contributed by atoms with Crippen molar-refractivity contribution in [1.82, 2.24) is 4.90 Å². The van der Waals surface area contributed by atoms with Gasteiger partial charge in [-0.25, -0.2) is 0 Å². The first-order chi connectivity index (χ1) is 17.3. The van der Waals surface area contributed by atoms with Gasteiger partial charge in [-0.3, -0.25) is 19.7 Å². The van der Waals surface area contributed by atoms with Crippen molar-refractivity contribution in [2.45, 2.75) is 25.5 Å². The van der Waals surface area contributed by atoms with Gasteiger partial charge < -0.3 is 19.9 Å². The Morgan fingerprint density at radius 3 is 2.56 bits per heavy atom. The Hall–Kier alpha value is -3.76. The summed E-state index contributed by atoms with van der Waals surface area (Å²) >= 11 is 1.41. The van der Waals surface area contributed by atoms with E-state index in [1.54, 1.807) is 6.07 Å². The summed E-state index contributed by atoms with van der Waals surface area (Å²) in [4.78, 5) is 40.9. The number of anilines is 2. The van der Waals surface area contributed by atoms with Crippen LogP contribution in [0, 0.1) is 10.1 Å². The highest BCUT2D eigenvalue weighted by molar-refractivity contribution is 7.12. The minimum atomic E-state index is -0.506. The predicted octanol–water partition coefficient (Wildman–Crippen LogP) is 4.80. The molecule has 3 aromatic rings. The largest absolute Gasteiger partial charge is 0.377 e. The lowest BCUT2D eigenvalue weighted by molar-refractivity contribution is -0.384. The van der Waals surface area contributed by atoms with Crippen molar-refractivity contribution in [3.8, 4) is 0 Å². The molecule has 1 aliphatic rings. The number of ether oxygens (including phenoxy) is 1. The average molecular weight is 509 g/mol. The zero-order valence-corrected chi connectivity index (χ0v) is 21.0. The van der Waals surface area contributed by atoms with Gasteiger partial charge in [0, 0.05) is 62.9 Å². The summed E-state index contributed by atoms with van der Waals surface area (Å²) < 4.78 is 5.81. The molecule has 2 heterocycles. The van der Waals surface area contributed by atoms with Crippen molar-refractivity contribution >= 4 is 40.2 Å². The van der Waals surface area contributed by atoms with E-state index in [-0.39, 0.29) is 23.6 Å². The van der Waals surface area contributed by atoms with Crippen molar-refractivity contribution in [2.75, 3.05) is 37.5 Å². The maximum absolute atomic E-state index is 13.4. The van der Waals surface area contributed by atoms with Crippen molar-refractivity contribution in [3.05, 3.63) is 86.1 Å². The maximum atomic E-state index is 13.4. The van der Waals surface area contributed by atoms with E-state index in [0.717, 1.165) is 24.1 Å². The lowest BCUT2D eigenvalue weighted by atomic mass is 10.1. The molecule has 2 aromatic carbocycles. The number of nitro groups is 1. The molecular formula is C26H28N4O5S. The Balaban J connectivity index is 1.58. The van der Waals surface area contributed by atoms with Gasteiger partial charge in [0.1, 0.15) is 0 Å². The third-order valence-corrected chi connectivity index (χ3v) is 6.85. The zero-order chi connectivity index (χ0) is 25.7. The first-order valence-corrected chi connectivity index (χ1v) is 12.5. The second kappa shape index (κ2) is 11.3. The third-order valence-electron chi connectivity index (χ3n) is 5.99. The van der Waals surface area contributed by atoms with E-state index in [4.69, 9.17) is 4.74 Å². The predicted molar refractivity (Wildman–Crippen MR) is 140 cm³/mol. The smallest absolute Gasteiger partial charge is 0.269 e. The summed E-state index contributed by atoms with van der Waals surface area (Å²) in [5, 5.41) is 15.6. The molecule has 4 rings (SSSR count). The summed E-state index contributed by atoms with van der Waals surface area (Å²) in [6.07, 6.45) is 1.90. The SMILES string of the molecule is CN(C)c1ccc(NC(=O)c2ccc([N+](=O)[O-])cc2)cc1CN(CC1CCCO1)C(=O)c1cccs1. The molecule has 1 N–H and O–H groups in total. The summed E-state index contributed by atoms with van der Waals surface area (Å²) in [7, 11) is 3.86. The minimum absolute atomic E-state index is 0.00161. The van der Waals surface area contributed by atoms with E-state index in [1.807, 2.05) is 53.5 Å². The van der Waals surface area contributed by atoms with Gasteiger partial charge in [-0.1, -0.05) is 6.07 Å². The van der Waals surface area contributed by atoms with Crippen LogP contribution < -0.4 is 10.2 Å². The summed E-state index contributed by atoms with van der Waals surface area (Å²) in [5.41, 5.74) is 2.61. The Morgan fingerprint density at radius 2 is 1.94 bits per heavy atom. The van der Waals surface area contributed by atoms with Gasteiger partial charge in [-0.05, 0) is 60.2 Å². The van der Waals surface area contributed by atoms with Crippen LogP contribution in [0.4, 0.5) is 17.1 Å². The topological polar surface area (TPSA) is 105 Å². The lowest BCUT2D eigenvalue weighted by Gasteiger charge is -2.28. The molecule has 0 aliphatic carbocycles. The fourth-order valence-corrected chi connectivity index (χ4v) is 4.87. The Labute approximate surface area is 213 Å². The highest BCUT2D eigenvalue weighted by Crippen LogP contribution is 2.27. The molecule has 1 aliphatic heterocycles. The van der Waals surface area contributed by atoms with Crippen LogP contribution in [-0.4, -0.2) is 55.0 Å². The van der Waals surface area contributed by atoms with Crippen LogP contribution in [0.5, 0.6) is 0 Å². The fraction of sp³-hybridized carbons (Fsp3) is 0.308. The van der Waals surface area contributed by atoms with Crippen molar-refractivity contribution in [2.24, 2.45) is 0 Å². The average Bonchev–Trinajstić information content (AvgIpc) is 3.58. The summed E-state index contributed by atoms with van der Waals surface area (Å²) in [6, 6.07) is 14.7. The number of carbonyl (C=O) groups is 2. The number of rotatable bonds is 9. The molecule has 188 valence electrons. The van der Waals surface area contributed by atoms with Gasteiger partial charge >= 0.3 is 0 Å². The number of nitrogens with one attached hydrogen (secondary N) is 1. The van der Waals surface area contributed by atoms with Crippen molar-refractivity contribution in [3.63, 3.8) is 0 Å². The molecule has 1 aromatic heterocycles. The van der Waals surface area contributed by atoms with Crippen LogP contribution in [0.15, 0.2) is 60.0 Å². The molecule has 1 fully saturated rings. The first kappa shape index (κ1) is 25.3. The van der Waals surface area contributed by atoms with Crippen LogP contribution >= 0.6 is 11.3 Å². The second-order valence-corrected chi connectivity index (χ2v) is 9.74. The van der Waals surface area contributed by atoms with Crippen LogP contribution in [-0.2, 0) is 11.3 Å². The maximum Gasteiger partial charge on any atom is 0.269 e. The normalized spacial score (nSPS) is 14.9. The van der Waals surface area contributed by atoms with E-state index in [0.29, 0.717) is 35.8 Å². The number of amides is 2. The molecule has 1 saturated heterocycles. The molecule has 0 radical (unpaired) electrons. The number of nitrogens with zero attached hydrogens (tertiary/aromatic N) is 3. The van der Waals surface area contributed by atoms with Crippen LogP contribution in [0.3, 0.4) is 0 Å². The second-order valence-electron chi connectivity index (χ2n) is 8.79. The monoisotopic (exact) mass is 508 g/mol. The molecule has 0 bridgehead atoms. The zero-order valence-electron chi connectivity index (χ0n) is 20.2. The Kier molecular flexibility index (Phi) is 7.97. The van der Waals surface area contributed by atoms with Gasteiger partial charge in [0.2, 0.25) is 0 Å². The molecule has 36 heavy (non-hydrogen) atoms. The summed E-state index contributed by atoms with van der Waals surface area (Å²) in [6.45, 7) is 1.55. The molecule has 0 saturated carbocycles. The molecule has 1 unspecified atom stereocenters. The van der Waals surface area contributed by atoms with E-state index < -0.39 is 4.92 Å². The molecule has 0 spiro atoms. The van der Waals surface area contributed by atoms with E-state index >= 15 is 0 Å². The van der Waals surface area contributed by atoms with Crippen molar-refractivity contribution in [1.29, 1.82) is 0 Å². The van der Waals surface area contributed by atoms with Gasteiger partial charge in [0.25, 0.3) is 17.5 Å². The van der Waals surface area contributed by atoms with E-state index in [1.165, 1.54) is 35.6 Å². The van der Waals surface area contributed by atoms with Crippen molar-refractivity contribution < 1.29 is 19.2 Å². The van der Waals surface area contributed by atoms with Gasteiger partial charge in [-0.15, -0.1) is 11.3 Å². The number of carbonyl (C=O) groups excluding carboxylic acids is 2. The minimum Gasteiger partial charge on any atom is -0.377 e.